The molecular weight excluding hydrogens is 485 g/mol. The third-order valence-electron chi connectivity index (χ3n) is 9.07. The van der Waals surface area contributed by atoms with E-state index in [-0.39, 0.29) is 0 Å². The van der Waals surface area contributed by atoms with Gasteiger partial charge in [-0.1, -0.05) is 136 Å². The highest BCUT2D eigenvalue weighted by atomic mass is 28.3. The van der Waals surface area contributed by atoms with Crippen molar-refractivity contribution in [1.29, 1.82) is 0 Å². The van der Waals surface area contributed by atoms with E-state index in [0.717, 1.165) is 0 Å². The zero-order valence-corrected chi connectivity index (χ0v) is 26.4. The number of unbranched alkanes of at least 4 members (excludes halogenated alkanes) is 3. The first kappa shape index (κ1) is 29.3. The number of benzene rings is 3. The van der Waals surface area contributed by atoms with Crippen LogP contribution >= 0.6 is 0 Å². The highest BCUT2D eigenvalue weighted by Crippen LogP contribution is 2.43. The van der Waals surface area contributed by atoms with Gasteiger partial charge in [0.15, 0.2) is 8.07 Å². The zero-order valence-electron chi connectivity index (χ0n) is 25.4. The van der Waals surface area contributed by atoms with Crippen molar-refractivity contribution in [3.8, 4) is 0 Å². The second-order valence-electron chi connectivity index (χ2n) is 11.9. The van der Waals surface area contributed by atoms with Crippen LogP contribution in [-0.2, 0) is 19.3 Å². The van der Waals surface area contributed by atoms with Gasteiger partial charge in [0.1, 0.15) is 0 Å². The number of aryl methyl sites for hydroxylation is 3. The molecule has 1 aliphatic carbocycles. The molecule has 0 bridgehead atoms. The lowest BCUT2D eigenvalue weighted by atomic mass is 10.1. The van der Waals surface area contributed by atoms with Gasteiger partial charge in [-0.05, 0) is 91.5 Å². The number of hydrogen-bond acceptors (Lipinski definition) is 0. The Kier molecular flexibility index (Phi) is 10.2. The standard InChI is InChI=1S/C38H50Si/c1-7-10-13-32-16-22-35(23-17-32)39(38-30(5)28-29(4)31(38)6,36-24-18-33(19-25-36)14-11-8-2)37-26-20-34(21-27-37)15-12-9-3/h16-28,38H,7-15H2,1-6H3. The molecule has 1 unspecified atom stereocenters. The number of allylic oxidation sites excluding steroid dienone is 4. The van der Waals surface area contributed by atoms with Crippen molar-refractivity contribution in [2.75, 3.05) is 0 Å². The number of hydrogen-bond donors (Lipinski definition) is 0. The van der Waals surface area contributed by atoms with Gasteiger partial charge >= 0.3 is 0 Å². The predicted octanol–water partition coefficient (Wildman–Crippen LogP) is 8.85. The summed E-state index contributed by atoms with van der Waals surface area (Å²) < 4.78 is 0. The van der Waals surface area contributed by atoms with E-state index >= 15 is 0 Å². The van der Waals surface area contributed by atoms with Crippen LogP contribution in [0.2, 0.25) is 5.54 Å². The molecule has 1 heteroatoms. The monoisotopic (exact) mass is 534 g/mol. The lowest BCUT2D eigenvalue weighted by Gasteiger charge is -2.41. The van der Waals surface area contributed by atoms with Crippen molar-refractivity contribution in [3.05, 3.63) is 112 Å². The maximum absolute atomic E-state index is 2.50. The highest BCUT2D eigenvalue weighted by Gasteiger charge is 2.49. The fourth-order valence-corrected chi connectivity index (χ4v) is 12.4. The summed E-state index contributed by atoms with van der Waals surface area (Å²) in [7, 11) is -2.45. The molecule has 0 heterocycles. The van der Waals surface area contributed by atoms with Gasteiger partial charge in [-0.25, -0.2) is 0 Å². The average molecular weight is 535 g/mol. The molecule has 3 aromatic carbocycles. The SMILES string of the molecule is CCCCc1ccc([Si](c2ccc(CCCC)cc2)(c2ccc(CCCC)cc2)C2C(C)=CC(C)=C2C)cc1. The summed E-state index contributed by atoms with van der Waals surface area (Å²) in [6.45, 7) is 13.9. The van der Waals surface area contributed by atoms with E-state index in [1.165, 1.54) is 101 Å². The first-order valence-electron chi connectivity index (χ1n) is 15.6. The third kappa shape index (κ3) is 6.25. The Hall–Kier alpha value is -2.64. The van der Waals surface area contributed by atoms with Gasteiger partial charge in [0.2, 0.25) is 0 Å². The maximum Gasteiger partial charge on any atom is 0.159 e. The summed E-state index contributed by atoms with van der Waals surface area (Å²) >= 11 is 0. The summed E-state index contributed by atoms with van der Waals surface area (Å²) in [4.78, 5) is 0. The molecule has 0 saturated carbocycles. The van der Waals surface area contributed by atoms with Gasteiger partial charge in [0.05, 0.1) is 0 Å². The molecule has 0 spiro atoms. The summed E-state index contributed by atoms with van der Waals surface area (Å²) in [5.41, 5.74) is 9.37. The van der Waals surface area contributed by atoms with E-state index in [4.69, 9.17) is 0 Å². The van der Waals surface area contributed by atoms with Gasteiger partial charge in [-0.3, -0.25) is 0 Å². The van der Waals surface area contributed by atoms with Crippen LogP contribution in [0.1, 0.15) is 96.8 Å². The molecular formula is C38H50Si. The summed E-state index contributed by atoms with van der Waals surface area (Å²) in [6, 6.07) is 29.6. The van der Waals surface area contributed by atoms with Crippen LogP contribution in [0.25, 0.3) is 0 Å². The molecule has 0 N–H and O–H groups in total. The minimum absolute atomic E-state index is 0.432. The van der Waals surface area contributed by atoms with Crippen molar-refractivity contribution in [3.63, 3.8) is 0 Å². The zero-order chi connectivity index (χ0) is 27.8. The van der Waals surface area contributed by atoms with E-state index in [1.54, 1.807) is 5.57 Å². The van der Waals surface area contributed by atoms with E-state index in [2.05, 4.69) is 120 Å². The van der Waals surface area contributed by atoms with Crippen LogP contribution in [0.5, 0.6) is 0 Å². The maximum atomic E-state index is 2.50. The second-order valence-corrected chi connectivity index (χ2v) is 15.8. The molecule has 0 amide bonds. The molecule has 1 atom stereocenters. The molecule has 3 aromatic rings. The van der Waals surface area contributed by atoms with Crippen LogP contribution in [-0.4, -0.2) is 8.07 Å². The normalized spacial score (nSPS) is 15.6. The van der Waals surface area contributed by atoms with E-state index < -0.39 is 8.07 Å². The molecule has 1 aliphatic rings. The lowest BCUT2D eigenvalue weighted by Crippen LogP contribution is -2.70. The van der Waals surface area contributed by atoms with Crippen LogP contribution in [0.15, 0.2) is 95.6 Å². The quantitative estimate of drug-likeness (QED) is 0.152. The first-order valence-corrected chi connectivity index (χ1v) is 17.7. The van der Waals surface area contributed by atoms with Crippen molar-refractivity contribution < 1.29 is 0 Å². The fraction of sp³-hybridized carbons (Fsp3) is 0.421. The van der Waals surface area contributed by atoms with Crippen LogP contribution in [0.3, 0.4) is 0 Å². The second kappa shape index (κ2) is 13.6. The Balaban J connectivity index is 1.95. The van der Waals surface area contributed by atoms with Crippen LogP contribution in [0.4, 0.5) is 0 Å². The smallest absolute Gasteiger partial charge is 0.0676 e. The Bertz CT molecular complexity index is 1130. The van der Waals surface area contributed by atoms with Gasteiger partial charge in [-0.2, -0.15) is 0 Å². The topological polar surface area (TPSA) is 0 Å². The summed E-state index contributed by atoms with van der Waals surface area (Å²) in [6.07, 6.45) is 13.5. The predicted molar refractivity (Wildman–Crippen MR) is 176 cm³/mol. The largest absolute Gasteiger partial charge is 0.159 e. The van der Waals surface area contributed by atoms with E-state index in [9.17, 15) is 0 Å². The van der Waals surface area contributed by atoms with Gasteiger partial charge < -0.3 is 0 Å². The van der Waals surface area contributed by atoms with E-state index in [1.807, 2.05) is 0 Å². The average Bonchev–Trinajstić information content (AvgIpc) is 3.22. The summed E-state index contributed by atoms with van der Waals surface area (Å²) in [5.74, 6) is 0. The van der Waals surface area contributed by atoms with Crippen molar-refractivity contribution in [2.24, 2.45) is 0 Å². The third-order valence-corrected chi connectivity index (χ3v) is 14.6. The molecule has 39 heavy (non-hydrogen) atoms. The minimum Gasteiger partial charge on any atom is -0.0676 e. The fourth-order valence-electron chi connectivity index (χ4n) is 6.72. The molecule has 0 aliphatic heterocycles. The first-order chi connectivity index (χ1) is 18.9. The Labute approximate surface area is 240 Å². The molecule has 0 saturated heterocycles. The molecule has 206 valence electrons. The minimum atomic E-state index is -2.45. The molecule has 4 rings (SSSR count). The number of rotatable bonds is 13. The van der Waals surface area contributed by atoms with Gasteiger partial charge in [-0.15, -0.1) is 0 Å². The molecule has 0 aromatic heterocycles. The van der Waals surface area contributed by atoms with E-state index in [0.29, 0.717) is 5.54 Å². The van der Waals surface area contributed by atoms with Crippen LogP contribution in [0, 0.1) is 0 Å². The molecule has 0 radical (unpaired) electrons. The van der Waals surface area contributed by atoms with Crippen molar-refractivity contribution in [2.45, 2.75) is 105 Å². The Morgan fingerprint density at radius 3 is 1.10 bits per heavy atom. The van der Waals surface area contributed by atoms with Gasteiger partial charge in [0, 0.05) is 5.54 Å². The van der Waals surface area contributed by atoms with Gasteiger partial charge in [0.25, 0.3) is 0 Å². The Morgan fingerprint density at radius 2 is 0.846 bits per heavy atom. The highest BCUT2D eigenvalue weighted by molar-refractivity contribution is 7.13. The molecule has 0 nitrogen and oxygen atoms in total. The van der Waals surface area contributed by atoms with Crippen LogP contribution < -0.4 is 15.6 Å². The van der Waals surface area contributed by atoms with Crippen molar-refractivity contribution in [1.82, 2.24) is 0 Å². The lowest BCUT2D eigenvalue weighted by molar-refractivity contribution is 0.795. The van der Waals surface area contributed by atoms with Crippen molar-refractivity contribution >= 4 is 23.6 Å². The molecule has 0 fully saturated rings. The summed E-state index contributed by atoms with van der Waals surface area (Å²) in [5, 5.41) is 4.62. The Morgan fingerprint density at radius 1 is 0.513 bits per heavy atom.